The second-order valence-corrected chi connectivity index (χ2v) is 3.64. The highest BCUT2D eigenvalue weighted by atomic mass is 16.3. The first kappa shape index (κ1) is 9.75. The predicted octanol–water partition coefficient (Wildman–Crippen LogP) is 1.31. The predicted molar refractivity (Wildman–Crippen MR) is 51.0 cm³/mol. The van der Waals surface area contributed by atoms with Crippen LogP contribution in [-0.2, 0) is 0 Å². The summed E-state index contributed by atoms with van der Waals surface area (Å²) in [6, 6.07) is 0.246. The summed E-state index contributed by atoms with van der Waals surface area (Å²) in [6.07, 6.45) is 8.23. The van der Waals surface area contributed by atoms with Gasteiger partial charge >= 0.3 is 0 Å². The van der Waals surface area contributed by atoms with Gasteiger partial charge in [0.2, 0.25) is 0 Å². The fourth-order valence-corrected chi connectivity index (χ4v) is 1.47. The van der Waals surface area contributed by atoms with E-state index < -0.39 is 0 Å². The van der Waals surface area contributed by atoms with Crippen molar-refractivity contribution in [1.82, 2.24) is 5.32 Å². The maximum absolute atomic E-state index is 8.79. The van der Waals surface area contributed by atoms with Crippen LogP contribution in [0.1, 0.15) is 26.2 Å². The molecule has 0 amide bonds. The molecule has 0 saturated carbocycles. The monoisotopic (exact) mass is 169 g/mol. The van der Waals surface area contributed by atoms with E-state index in [2.05, 4.69) is 17.5 Å². The van der Waals surface area contributed by atoms with Crippen LogP contribution in [0.15, 0.2) is 12.2 Å². The molecule has 1 unspecified atom stereocenters. The Morgan fingerprint density at radius 2 is 2.42 bits per heavy atom. The molecule has 0 aromatic rings. The summed E-state index contributed by atoms with van der Waals surface area (Å²) in [4.78, 5) is 0. The number of hydrogen-bond acceptors (Lipinski definition) is 2. The Labute approximate surface area is 74.7 Å². The van der Waals surface area contributed by atoms with Crippen LogP contribution in [0.4, 0.5) is 0 Å². The first-order valence-corrected chi connectivity index (χ1v) is 4.82. The van der Waals surface area contributed by atoms with E-state index in [9.17, 15) is 0 Å². The van der Waals surface area contributed by atoms with E-state index >= 15 is 0 Å². The minimum atomic E-state index is 0.239. The molecule has 2 atom stereocenters. The zero-order valence-corrected chi connectivity index (χ0v) is 7.79. The molecule has 0 spiro atoms. The lowest BCUT2D eigenvalue weighted by atomic mass is 9.94. The Balaban J connectivity index is 2.10. The van der Waals surface area contributed by atoms with E-state index in [0.717, 1.165) is 12.5 Å². The van der Waals surface area contributed by atoms with Crippen molar-refractivity contribution in [2.45, 2.75) is 32.2 Å². The summed E-state index contributed by atoms with van der Waals surface area (Å²) in [5.74, 6) is 0.781. The molecule has 0 aromatic heterocycles. The highest BCUT2D eigenvalue weighted by Crippen LogP contribution is 2.16. The average Bonchev–Trinajstić information content (AvgIpc) is 2.16. The topological polar surface area (TPSA) is 32.3 Å². The molecule has 0 heterocycles. The van der Waals surface area contributed by atoms with Crippen LogP contribution in [0.5, 0.6) is 0 Å². The average molecular weight is 169 g/mol. The third-order valence-corrected chi connectivity index (χ3v) is 2.41. The zero-order valence-electron chi connectivity index (χ0n) is 7.79. The van der Waals surface area contributed by atoms with E-state index in [1.165, 1.54) is 19.3 Å². The molecular weight excluding hydrogens is 150 g/mol. The Morgan fingerprint density at radius 3 is 3.00 bits per heavy atom. The smallest absolute Gasteiger partial charge is 0.0581 e. The van der Waals surface area contributed by atoms with Gasteiger partial charge in [-0.3, -0.25) is 0 Å². The van der Waals surface area contributed by atoms with Gasteiger partial charge in [0.15, 0.2) is 0 Å². The molecule has 12 heavy (non-hydrogen) atoms. The quantitative estimate of drug-likeness (QED) is 0.622. The fourth-order valence-electron chi connectivity index (χ4n) is 1.47. The second-order valence-electron chi connectivity index (χ2n) is 3.64. The molecule has 2 nitrogen and oxygen atoms in total. The van der Waals surface area contributed by atoms with Crippen molar-refractivity contribution in [3.05, 3.63) is 12.2 Å². The van der Waals surface area contributed by atoms with Gasteiger partial charge in [0.25, 0.3) is 0 Å². The van der Waals surface area contributed by atoms with Gasteiger partial charge in [-0.05, 0) is 38.6 Å². The maximum atomic E-state index is 8.79. The van der Waals surface area contributed by atoms with Crippen LogP contribution in [0.3, 0.4) is 0 Å². The lowest BCUT2D eigenvalue weighted by molar-refractivity contribution is 0.244. The molecule has 2 heteroatoms. The van der Waals surface area contributed by atoms with Crippen LogP contribution >= 0.6 is 0 Å². The van der Waals surface area contributed by atoms with Crippen molar-refractivity contribution in [3.63, 3.8) is 0 Å². The Kier molecular flexibility index (Phi) is 4.33. The van der Waals surface area contributed by atoms with Gasteiger partial charge in [0.1, 0.15) is 0 Å². The van der Waals surface area contributed by atoms with Crippen LogP contribution in [0.25, 0.3) is 0 Å². The molecule has 0 bridgehead atoms. The number of aliphatic hydroxyl groups is 1. The largest absolute Gasteiger partial charge is 0.395 e. The summed E-state index contributed by atoms with van der Waals surface area (Å²) in [6.45, 7) is 3.30. The van der Waals surface area contributed by atoms with Gasteiger partial charge in [-0.2, -0.15) is 0 Å². The second kappa shape index (κ2) is 5.33. The molecule has 70 valence electrons. The van der Waals surface area contributed by atoms with Crippen molar-refractivity contribution in [2.24, 2.45) is 5.92 Å². The van der Waals surface area contributed by atoms with Crippen molar-refractivity contribution in [3.8, 4) is 0 Å². The highest BCUT2D eigenvalue weighted by molar-refractivity contribution is 4.90. The number of rotatable bonds is 4. The van der Waals surface area contributed by atoms with Gasteiger partial charge in [-0.1, -0.05) is 12.2 Å². The van der Waals surface area contributed by atoms with E-state index in [4.69, 9.17) is 5.11 Å². The zero-order chi connectivity index (χ0) is 8.81. The summed E-state index contributed by atoms with van der Waals surface area (Å²) >= 11 is 0. The molecule has 1 aliphatic rings. The molecular formula is C10H19NO. The van der Waals surface area contributed by atoms with E-state index in [0.29, 0.717) is 0 Å². The van der Waals surface area contributed by atoms with Crippen LogP contribution in [0, 0.1) is 5.92 Å². The first-order chi connectivity index (χ1) is 5.83. The number of nitrogens with one attached hydrogen (secondary N) is 1. The number of hydrogen-bond donors (Lipinski definition) is 2. The first-order valence-electron chi connectivity index (χ1n) is 4.82. The molecule has 1 aliphatic carbocycles. The summed E-state index contributed by atoms with van der Waals surface area (Å²) < 4.78 is 0. The fraction of sp³-hybridized carbons (Fsp3) is 0.800. The molecule has 0 fully saturated rings. The summed E-state index contributed by atoms with van der Waals surface area (Å²) in [7, 11) is 0. The van der Waals surface area contributed by atoms with E-state index in [1.807, 2.05) is 6.92 Å². The summed E-state index contributed by atoms with van der Waals surface area (Å²) in [5, 5.41) is 12.1. The lowest BCUT2D eigenvalue weighted by Crippen LogP contribution is -2.33. The lowest BCUT2D eigenvalue weighted by Gasteiger charge is -2.20. The van der Waals surface area contributed by atoms with Crippen molar-refractivity contribution in [2.75, 3.05) is 13.2 Å². The SMILES string of the molecule is C[C@@H](CO)NCC1CC=CCC1. The minimum Gasteiger partial charge on any atom is -0.395 e. The third kappa shape index (κ3) is 3.37. The van der Waals surface area contributed by atoms with Crippen LogP contribution < -0.4 is 5.32 Å². The van der Waals surface area contributed by atoms with Gasteiger partial charge in [0.05, 0.1) is 6.61 Å². The molecule has 1 rings (SSSR count). The molecule has 0 aliphatic heterocycles. The standard InChI is InChI=1S/C10H19NO/c1-9(8-12)11-7-10-5-3-2-4-6-10/h2-3,9-12H,4-8H2,1H3/t9-,10?/m0/s1. The van der Waals surface area contributed by atoms with Crippen LogP contribution in [-0.4, -0.2) is 24.3 Å². The van der Waals surface area contributed by atoms with E-state index in [-0.39, 0.29) is 12.6 Å². The van der Waals surface area contributed by atoms with Crippen LogP contribution in [0.2, 0.25) is 0 Å². The molecule has 0 radical (unpaired) electrons. The van der Waals surface area contributed by atoms with Gasteiger partial charge in [-0.15, -0.1) is 0 Å². The normalized spacial score (nSPS) is 25.7. The maximum Gasteiger partial charge on any atom is 0.0581 e. The van der Waals surface area contributed by atoms with Gasteiger partial charge < -0.3 is 10.4 Å². The Hall–Kier alpha value is -0.340. The Bertz CT molecular complexity index is 145. The number of allylic oxidation sites excluding steroid dienone is 2. The van der Waals surface area contributed by atoms with Gasteiger partial charge in [-0.25, -0.2) is 0 Å². The van der Waals surface area contributed by atoms with Crippen molar-refractivity contribution >= 4 is 0 Å². The Morgan fingerprint density at radius 1 is 1.58 bits per heavy atom. The summed E-state index contributed by atoms with van der Waals surface area (Å²) in [5.41, 5.74) is 0. The number of aliphatic hydroxyl groups excluding tert-OH is 1. The van der Waals surface area contributed by atoms with E-state index in [1.54, 1.807) is 0 Å². The highest BCUT2D eigenvalue weighted by Gasteiger charge is 2.10. The van der Waals surface area contributed by atoms with Crippen molar-refractivity contribution in [1.29, 1.82) is 0 Å². The van der Waals surface area contributed by atoms with Crippen molar-refractivity contribution < 1.29 is 5.11 Å². The molecule has 0 aromatic carbocycles. The van der Waals surface area contributed by atoms with Gasteiger partial charge in [0, 0.05) is 6.04 Å². The third-order valence-electron chi connectivity index (χ3n) is 2.41. The molecule has 0 saturated heterocycles. The molecule has 2 N–H and O–H groups in total. The minimum absolute atomic E-state index is 0.239.